The van der Waals surface area contributed by atoms with Crippen molar-refractivity contribution in [1.82, 2.24) is 10.2 Å². The van der Waals surface area contributed by atoms with Gasteiger partial charge >= 0.3 is 0 Å². The summed E-state index contributed by atoms with van der Waals surface area (Å²) in [6, 6.07) is 12.2. The van der Waals surface area contributed by atoms with Crippen LogP contribution in [0, 0.1) is 0 Å². The number of ether oxygens (including phenoxy) is 1. The van der Waals surface area contributed by atoms with Gasteiger partial charge in [-0.3, -0.25) is 9.59 Å². The van der Waals surface area contributed by atoms with Gasteiger partial charge in [-0.05, 0) is 49.1 Å². The van der Waals surface area contributed by atoms with E-state index in [1.807, 2.05) is 31.2 Å². The summed E-state index contributed by atoms with van der Waals surface area (Å²) in [4.78, 5) is 28.4. The molecule has 1 saturated carbocycles. The van der Waals surface area contributed by atoms with Crippen LogP contribution in [0.15, 0.2) is 42.5 Å². The molecule has 0 saturated heterocycles. The van der Waals surface area contributed by atoms with Crippen LogP contribution in [-0.2, 0) is 22.6 Å². The van der Waals surface area contributed by atoms with Gasteiger partial charge in [0.15, 0.2) is 0 Å². The van der Waals surface area contributed by atoms with Crippen LogP contribution >= 0.6 is 23.2 Å². The van der Waals surface area contributed by atoms with Crippen molar-refractivity contribution in [2.45, 2.75) is 70.5 Å². The molecule has 1 fully saturated rings. The number of carbonyl (C=O) groups is 2. The molecule has 178 valence electrons. The summed E-state index contributed by atoms with van der Waals surface area (Å²) in [5.74, 6) is 0.460. The fourth-order valence-corrected chi connectivity index (χ4v) is 4.85. The highest BCUT2D eigenvalue weighted by atomic mass is 35.5. The van der Waals surface area contributed by atoms with Crippen LogP contribution < -0.4 is 10.1 Å². The monoisotopic (exact) mass is 490 g/mol. The number of nitrogens with zero attached hydrogens (tertiary/aromatic N) is 1. The van der Waals surface area contributed by atoms with Crippen LogP contribution in [0.5, 0.6) is 5.75 Å². The Hall–Kier alpha value is -2.24. The maximum absolute atomic E-state index is 13.5. The lowest BCUT2D eigenvalue weighted by Crippen LogP contribution is -2.52. The van der Waals surface area contributed by atoms with Crippen LogP contribution in [0.4, 0.5) is 0 Å². The Bertz CT molecular complexity index is 923. The number of halogens is 2. The number of hydrogen-bond acceptors (Lipinski definition) is 3. The van der Waals surface area contributed by atoms with Crippen molar-refractivity contribution in [3.8, 4) is 5.75 Å². The first-order valence-corrected chi connectivity index (χ1v) is 12.3. The van der Waals surface area contributed by atoms with Crippen LogP contribution in [0.3, 0.4) is 0 Å². The third kappa shape index (κ3) is 6.87. The van der Waals surface area contributed by atoms with E-state index in [0.717, 1.165) is 37.0 Å². The first-order valence-electron chi connectivity index (χ1n) is 11.6. The Balaban J connectivity index is 1.85. The maximum atomic E-state index is 13.5. The predicted molar refractivity (Wildman–Crippen MR) is 133 cm³/mol. The van der Waals surface area contributed by atoms with E-state index in [9.17, 15) is 9.59 Å². The lowest BCUT2D eigenvalue weighted by atomic mass is 9.95. The highest BCUT2D eigenvalue weighted by Gasteiger charge is 2.31. The molecule has 0 bridgehead atoms. The highest BCUT2D eigenvalue weighted by Crippen LogP contribution is 2.28. The zero-order valence-electron chi connectivity index (χ0n) is 19.3. The second kappa shape index (κ2) is 12.3. The molecule has 3 rings (SSSR count). The zero-order valence-corrected chi connectivity index (χ0v) is 20.8. The fraction of sp³-hybridized carbons (Fsp3) is 0.462. The van der Waals surface area contributed by atoms with Crippen molar-refractivity contribution >= 4 is 35.0 Å². The van der Waals surface area contributed by atoms with Gasteiger partial charge in [0, 0.05) is 28.2 Å². The Kier molecular flexibility index (Phi) is 9.45. The molecule has 2 amide bonds. The summed E-state index contributed by atoms with van der Waals surface area (Å²) in [5, 5.41) is 4.14. The summed E-state index contributed by atoms with van der Waals surface area (Å²) < 4.78 is 5.21. The molecule has 2 aromatic carbocycles. The first kappa shape index (κ1) is 25.4. The second-order valence-electron chi connectivity index (χ2n) is 8.51. The largest absolute Gasteiger partial charge is 0.497 e. The number of rotatable bonds is 9. The average molecular weight is 491 g/mol. The van der Waals surface area contributed by atoms with E-state index >= 15 is 0 Å². The van der Waals surface area contributed by atoms with Gasteiger partial charge in [0.25, 0.3) is 0 Å². The summed E-state index contributed by atoms with van der Waals surface area (Å²) >= 11 is 12.8. The Morgan fingerprint density at radius 3 is 2.27 bits per heavy atom. The van der Waals surface area contributed by atoms with Gasteiger partial charge in [0.1, 0.15) is 11.8 Å². The molecule has 5 nitrogen and oxygen atoms in total. The lowest BCUT2D eigenvalue weighted by molar-refractivity contribution is -0.141. The third-order valence-electron chi connectivity index (χ3n) is 6.24. The summed E-state index contributed by atoms with van der Waals surface area (Å²) in [5.41, 5.74) is 1.49. The molecule has 0 heterocycles. The number of hydrogen-bond donors (Lipinski definition) is 1. The molecule has 0 radical (unpaired) electrons. The normalized spacial score (nSPS) is 15.0. The van der Waals surface area contributed by atoms with Crippen molar-refractivity contribution in [3.05, 3.63) is 63.6 Å². The minimum Gasteiger partial charge on any atom is -0.497 e. The molecule has 0 aromatic heterocycles. The molecular formula is C26H32Cl2N2O3. The molecule has 1 atom stereocenters. The van der Waals surface area contributed by atoms with Crippen molar-refractivity contribution in [3.63, 3.8) is 0 Å². The molecule has 0 aliphatic heterocycles. The quantitative estimate of drug-likeness (QED) is 0.482. The molecule has 1 N–H and O–H groups in total. The molecule has 1 aliphatic rings. The Morgan fingerprint density at radius 2 is 1.70 bits per heavy atom. The SMILES string of the molecule is CC[C@@H](C(=O)NC1CCCCC1)N(Cc1c(Cl)cccc1Cl)C(=O)Cc1ccc(OC)cc1. The first-order chi connectivity index (χ1) is 15.9. The van der Waals surface area contributed by atoms with Crippen LogP contribution in [0.1, 0.15) is 56.6 Å². The average Bonchev–Trinajstić information content (AvgIpc) is 2.82. The zero-order chi connectivity index (χ0) is 23.8. The van der Waals surface area contributed by atoms with E-state index in [-0.39, 0.29) is 30.8 Å². The van der Waals surface area contributed by atoms with Crippen LogP contribution in [0.25, 0.3) is 0 Å². The smallest absolute Gasteiger partial charge is 0.243 e. The number of nitrogens with one attached hydrogen (secondary N) is 1. The van der Waals surface area contributed by atoms with Gasteiger partial charge in [-0.15, -0.1) is 0 Å². The van der Waals surface area contributed by atoms with Crippen LogP contribution in [-0.4, -0.2) is 35.9 Å². The number of amides is 2. The van der Waals surface area contributed by atoms with E-state index in [0.29, 0.717) is 22.0 Å². The van der Waals surface area contributed by atoms with Crippen LogP contribution in [0.2, 0.25) is 10.0 Å². The predicted octanol–water partition coefficient (Wildman–Crippen LogP) is 5.80. The maximum Gasteiger partial charge on any atom is 0.243 e. The molecule has 2 aromatic rings. The van der Waals surface area contributed by atoms with Crippen molar-refractivity contribution < 1.29 is 14.3 Å². The second-order valence-corrected chi connectivity index (χ2v) is 9.33. The van der Waals surface area contributed by atoms with E-state index in [1.54, 1.807) is 30.2 Å². The number of benzene rings is 2. The summed E-state index contributed by atoms with van der Waals surface area (Å²) in [6.45, 7) is 2.09. The highest BCUT2D eigenvalue weighted by molar-refractivity contribution is 6.36. The summed E-state index contributed by atoms with van der Waals surface area (Å²) in [6.07, 6.45) is 6.08. The minimum absolute atomic E-state index is 0.115. The number of methoxy groups -OCH3 is 1. The van der Waals surface area contributed by atoms with Gasteiger partial charge in [-0.25, -0.2) is 0 Å². The van der Waals surface area contributed by atoms with Crippen molar-refractivity contribution in [2.75, 3.05) is 7.11 Å². The van der Waals surface area contributed by atoms with E-state index in [2.05, 4.69) is 5.32 Å². The van der Waals surface area contributed by atoms with Gasteiger partial charge < -0.3 is 15.0 Å². The molecular weight excluding hydrogens is 459 g/mol. The van der Waals surface area contributed by atoms with Gasteiger partial charge in [0.2, 0.25) is 11.8 Å². The minimum atomic E-state index is -0.606. The number of carbonyl (C=O) groups excluding carboxylic acids is 2. The van der Waals surface area contributed by atoms with Gasteiger partial charge in [-0.2, -0.15) is 0 Å². The molecule has 33 heavy (non-hydrogen) atoms. The molecule has 1 aliphatic carbocycles. The fourth-order valence-electron chi connectivity index (χ4n) is 4.34. The van der Waals surface area contributed by atoms with Crippen molar-refractivity contribution in [1.29, 1.82) is 0 Å². The molecule has 0 unspecified atom stereocenters. The third-order valence-corrected chi connectivity index (χ3v) is 6.95. The summed E-state index contributed by atoms with van der Waals surface area (Å²) in [7, 11) is 1.60. The van der Waals surface area contributed by atoms with E-state index in [1.165, 1.54) is 6.42 Å². The van der Waals surface area contributed by atoms with E-state index < -0.39 is 6.04 Å². The van der Waals surface area contributed by atoms with Gasteiger partial charge in [0.05, 0.1) is 13.5 Å². The van der Waals surface area contributed by atoms with E-state index in [4.69, 9.17) is 27.9 Å². The van der Waals surface area contributed by atoms with Gasteiger partial charge in [-0.1, -0.05) is 67.6 Å². The Labute approximate surface area is 206 Å². The molecule has 7 heteroatoms. The van der Waals surface area contributed by atoms with Crippen molar-refractivity contribution in [2.24, 2.45) is 0 Å². The topological polar surface area (TPSA) is 58.6 Å². The Morgan fingerprint density at radius 1 is 1.06 bits per heavy atom. The standard InChI is InChI=1S/C26H32Cl2N2O3/c1-3-24(26(32)29-19-8-5-4-6-9-19)30(17-21-22(27)10-7-11-23(21)28)25(31)16-18-12-14-20(33-2)15-13-18/h7,10-15,19,24H,3-6,8-9,16-17H2,1-2H3,(H,29,32)/t24-/m0/s1. The lowest BCUT2D eigenvalue weighted by Gasteiger charge is -2.33. The molecule has 0 spiro atoms.